The van der Waals surface area contributed by atoms with Crippen LogP contribution in [-0.2, 0) is 11.0 Å². The van der Waals surface area contributed by atoms with Crippen LogP contribution in [0.4, 0.5) is 26.3 Å². The molecule has 5 nitrogen and oxygen atoms in total. The maximum Gasteiger partial charge on any atom is 0.416 e. The van der Waals surface area contributed by atoms with Crippen molar-refractivity contribution in [1.29, 1.82) is 0 Å². The molecule has 0 radical (unpaired) electrons. The van der Waals surface area contributed by atoms with E-state index in [1.165, 1.54) is 4.90 Å². The van der Waals surface area contributed by atoms with Crippen LogP contribution in [0, 0.1) is 11.7 Å². The van der Waals surface area contributed by atoms with Crippen molar-refractivity contribution in [3.63, 3.8) is 0 Å². The molecule has 1 aliphatic rings. The third-order valence-corrected chi connectivity index (χ3v) is 5.56. The van der Waals surface area contributed by atoms with Crippen LogP contribution in [0.15, 0.2) is 18.2 Å². The second kappa shape index (κ2) is 11.2. The number of likely N-dealkylation sites (N-methyl/N-ethyl adjacent to an activating group) is 1. The predicted octanol–water partition coefficient (Wildman–Crippen LogP) is 4.18. The normalized spacial score (nSPS) is 17.5. The number of hydrogen-bond acceptors (Lipinski definition) is 3. The van der Waals surface area contributed by atoms with E-state index in [-0.39, 0.29) is 31.3 Å². The van der Waals surface area contributed by atoms with Gasteiger partial charge >= 0.3 is 6.18 Å². The highest BCUT2D eigenvalue weighted by Crippen LogP contribution is 2.30. The van der Waals surface area contributed by atoms with Crippen LogP contribution in [0.2, 0.25) is 0 Å². The van der Waals surface area contributed by atoms with E-state index in [1.807, 2.05) is 0 Å². The lowest BCUT2D eigenvalue weighted by molar-refractivity contribution is -0.138. The highest BCUT2D eigenvalue weighted by Gasteiger charge is 2.36. The summed E-state index contributed by atoms with van der Waals surface area (Å²) in [6.45, 7) is 4.33. The average molecular weight is 481 g/mol. The van der Waals surface area contributed by atoms with Crippen LogP contribution < -0.4 is 5.32 Å². The van der Waals surface area contributed by atoms with Crippen molar-refractivity contribution in [3.05, 3.63) is 35.1 Å². The summed E-state index contributed by atoms with van der Waals surface area (Å²) < 4.78 is 79.0. The number of hydrogen-bond donors (Lipinski definition) is 1. The number of benzene rings is 1. The number of carbonyl (C=O) groups excluding carboxylic acids is 2. The Balaban J connectivity index is 1.82. The first kappa shape index (κ1) is 26.9. The third kappa shape index (κ3) is 8.53. The van der Waals surface area contributed by atoms with E-state index in [4.69, 9.17) is 0 Å². The molecule has 0 bridgehead atoms. The summed E-state index contributed by atoms with van der Waals surface area (Å²) in [6.07, 6.45) is -4.14. The van der Waals surface area contributed by atoms with E-state index in [0.717, 1.165) is 6.07 Å². The number of halogens is 6. The SMILES string of the molecule is CCN(CCC(C)CNC(=O)c1cc(F)cc(C(F)(F)F)c1)C(=O)CN1CCCC(F)(F)C1. The number of nitrogens with one attached hydrogen (secondary N) is 1. The first-order chi connectivity index (χ1) is 15.3. The molecule has 0 spiro atoms. The molecule has 2 rings (SSSR count). The van der Waals surface area contributed by atoms with Gasteiger partial charge in [-0.15, -0.1) is 0 Å². The highest BCUT2D eigenvalue weighted by molar-refractivity contribution is 5.94. The van der Waals surface area contributed by atoms with E-state index in [2.05, 4.69) is 5.32 Å². The second-order valence-corrected chi connectivity index (χ2v) is 8.47. The number of nitrogens with zero attached hydrogens (tertiary/aromatic N) is 2. The van der Waals surface area contributed by atoms with E-state index in [0.29, 0.717) is 44.6 Å². The Labute approximate surface area is 189 Å². The lowest BCUT2D eigenvalue weighted by Crippen LogP contribution is -2.48. The molecular weight excluding hydrogens is 452 g/mol. The second-order valence-electron chi connectivity index (χ2n) is 8.47. The smallest absolute Gasteiger partial charge is 0.352 e. The molecular formula is C22H29F6N3O2. The number of alkyl halides is 5. The Kier molecular flexibility index (Phi) is 9.16. The highest BCUT2D eigenvalue weighted by atomic mass is 19.4. The van der Waals surface area contributed by atoms with Crippen molar-refractivity contribution in [2.45, 2.75) is 45.2 Å². The molecule has 1 unspecified atom stereocenters. The number of carbonyl (C=O) groups is 2. The summed E-state index contributed by atoms with van der Waals surface area (Å²) in [5.41, 5.74) is -1.68. The van der Waals surface area contributed by atoms with E-state index in [9.17, 15) is 35.9 Å². The van der Waals surface area contributed by atoms with Gasteiger partial charge in [0.05, 0.1) is 18.7 Å². The molecule has 1 aliphatic heterocycles. The lowest BCUT2D eigenvalue weighted by atomic mass is 10.1. The molecule has 1 saturated heterocycles. The topological polar surface area (TPSA) is 52.7 Å². The summed E-state index contributed by atoms with van der Waals surface area (Å²) in [5.74, 6) is -5.17. The van der Waals surface area contributed by atoms with Gasteiger partial charge in [0, 0.05) is 31.6 Å². The molecule has 1 N–H and O–H groups in total. The third-order valence-electron chi connectivity index (χ3n) is 5.56. The molecule has 1 aromatic rings. The summed E-state index contributed by atoms with van der Waals surface area (Å²) in [4.78, 5) is 27.7. The summed E-state index contributed by atoms with van der Waals surface area (Å²) in [6, 6.07) is 1.64. The fourth-order valence-electron chi connectivity index (χ4n) is 3.66. The Morgan fingerprint density at radius 2 is 1.94 bits per heavy atom. The van der Waals surface area contributed by atoms with Crippen LogP contribution in [0.25, 0.3) is 0 Å². The molecule has 0 aromatic heterocycles. The molecule has 0 saturated carbocycles. The van der Waals surface area contributed by atoms with Gasteiger partial charge < -0.3 is 10.2 Å². The van der Waals surface area contributed by atoms with Crippen molar-refractivity contribution < 1.29 is 35.9 Å². The Bertz CT molecular complexity index is 831. The first-order valence-corrected chi connectivity index (χ1v) is 10.8. The molecule has 1 heterocycles. The van der Waals surface area contributed by atoms with Crippen molar-refractivity contribution in [1.82, 2.24) is 15.1 Å². The molecule has 2 amide bonds. The van der Waals surface area contributed by atoms with Gasteiger partial charge in [0.25, 0.3) is 11.8 Å². The standard InChI is InChI=1S/C22H29F6N3O2/c1-3-31(19(32)13-30-7-4-6-21(24,25)14-30)8-5-15(2)12-29-20(33)16-9-17(22(26,27)28)11-18(23)10-16/h9-11,15H,3-8,12-14H2,1-2H3,(H,29,33). The van der Waals surface area contributed by atoms with E-state index in [1.54, 1.807) is 18.7 Å². The fraction of sp³-hybridized carbons (Fsp3) is 0.636. The monoisotopic (exact) mass is 481 g/mol. The van der Waals surface area contributed by atoms with Gasteiger partial charge in [-0.05, 0) is 50.4 Å². The number of likely N-dealkylation sites (tertiary alicyclic amines) is 1. The van der Waals surface area contributed by atoms with Gasteiger partial charge in [-0.25, -0.2) is 13.2 Å². The zero-order chi connectivity index (χ0) is 24.8. The number of amides is 2. The van der Waals surface area contributed by atoms with Gasteiger partial charge in [-0.1, -0.05) is 6.92 Å². The zero-order valence-corrected chi connectivity index (χ0v) is 18.7. The minimum absolute atomic E-state index is 0.0876. The summed E-state index contributed by atoms with van der Waals surface area (Å²) in [5, 5.41) is 2.48. The summed E-state index contributed by atoms with van der Waals surface area (Å²) in [7, 11) is 0. The van der Waals surface area contributed by atoms with Crippen LogP contribution >= 0.6 is 0 Å². The number of rotatable bonds is 9. The maximum atomic E-state index is 13.5. The lowest BCUT2D eigenvalue weighted by Gasteiger charge is -2.33. The zero-order valence-electron chi connectivity index (χ0n) is 18.7. The van der Waals surface area contributed by atoms with Gasteiger partial charge in [-0.3, -0.25) is 14.5 Å². The molecule has 11 heteroatoms. The van der Waals surface area contributed by atoms with Gasteiger partial charge in [0.1, 0.15) is 5.82 Å². The quantitative estimate of drug-likeness (QED) is 0.539. The van der Waals surface area contributed by atoms with Gasteiger partial charge in [-0.2, -0.15) is 13.2 Å². The van der Waals surface area contributed by atoms with Crippen molar-refractivity contribution >= 4 is 11.8 Å². The number of piperidine rings is 1. The Morgan fingerprint density at radius 3 is 2.55 bits per heavy atom. The largest absolute Gasteiger partial charge is 0.416 e. The van der Waals surface area contributed by atoms with Crippen molar-refractivity contribution in [2.75, 3.05) is 39.3 Å². The average Bonchev–Trinajstić information content (AvgIpc) is 2.70. The Hall–Kier alpha value is -2.30. The molecule has 33 heavy (non-hydrogen) atoms. The maximum absolute atomic E-state index is 13.5. The molecule has 1 fully saturated rings. The fourth-order valence-corrected chi connectivity index (χ4v) is 3.66. The van der Waals surface area contributed by atoms with Gasteiger partial charge in [0.2, 0.25) is 5.91 Å². The van der Waals surface area contributed by atoms with Crippen molar-refractivity contribution in [3.8, 4) is 0 Å². The van der Waals surface area contributed by atoms with Crippen molar-refractivity contribution in [2.24, 2.45) is 5.92 Å². The summed E-state index contributed by atoms with van der Waals surface area (Å²) >= 11 is 0. The molecule has 1 atom stereocenters. The molecule has 0 aliphatic carbocycles. The van der Waals surface area contributed by atoms with Crippen LogP contribution in [0.5, 0.6) is 0 Å². The Morgan fingerprint density at radius 1 is 1.24 bits per heavy atom. The minimum Gasteiger partial charge on any atom is -0.352 e. The first-order valence-electron chi connectivity index (χ1n) is 10.8. The van der Waals surface area contributed by atoms with Crippen LogP contribution in [-0.4, -0.2) is 66.8 Å². The van der Waals surface area contributed by atoms with E-state index >= 15 is 0 Å². The van der Waals surface area contributed by atoms with E-state index < -0.39 is 41.5 Å². The predicted molar refractivity (Wildman–Crippen MR) is 110 cm³/mol. The minimum atomic E-state index is -4.77. The molecule has 186 valence electrons. The van der Waals surface area contributed by atoms with Gasteiger partial charge in [0.15, 0.2) is 0 Å². The van der Waals surface area contributed by atoms with Crippen LogP contribution in [0.3, 0.4) is 0 Å². The van der Waals surface area contributed by atoms with Crippen LogP contribution in [0.1, 0.15) is 49.0 Å². The molecule has 1 aromatic carbocycles.